The van der Waals surface area contributed by atoms with Crippen LogP contribution in [-0.4, -0.2) is 34.1 Å². The van der Waals surface area contributed by atoms with Crippen LogP contribution in [0.2, 0.25) is 0 Å². The van der Waals surface area contributed by atoms with Crippen LogP contribution >= 0.6 is 11.3 Å². The Kier molecular flexibility index (Phi) is 5.92. The van der Waals surface area contributed by atoms with E-state index in [-0.39, 0.29) is 5.78 Å². The van der Waals surface area contributed by atoms with Gasteiger partial charge < -0.3 is 19.2 Å². The Morgan fingerprint density at radius 2 is 1.86 bits per heavy atom. The number of piperidine rings is 1. The van der Waals surface area contributed by atoms with Gasteiger partial charge in [0.15, 0.2) is 0 Å². The van der Waals surface area contributed by atoms with Gasteiger partial charge in [-0.25, -0.2) is 0 Å². The summed E-state index contributed by atoms with van der Waals surface area (Å²) in [5, 5.41) is 6.45. The highest BCUT2D eigenvalue weighted by atomic mass is 32.1. The first-order chi connectivity index (χ1) is 17.2. The second-order valence-electron chi connectivity index (χ2n) is 9.30. The van der Waals surface area contributed by atoms with Crippen LogP contribution in [-0.2, 0) is 20.0 Å². The number of ether oxygens (including phenoxy) is 1. The maximum Gasteiger partial charge on any atom is 0.211 e. The predicted molar refractivity (Wildman–Crippen MR) is 143 cm³/mol. The highest BCUT2D eigenvalue weighted by molar-refractivity contribution is 7.17. The highest BCUT2D eigenvalue weighted by Crippen LogP contribution is 2.29. The van der Waals surface area contributed by atoms with E-state index in [1.165, 1.54) is 5.56 Å². The molecule has 0 bridgehead atoms. The fraction of sp³-hybridized carbons (Fsp3) is 0.276. The number of nitrogens with one attached hydrogen (secondary N) is 1. The molecule has 1 aliphatic heterocycles. The molecule has 0 amide bonds. The van der Waals surface area contributed by atoms with Gasteiger partial charge in [-0.15, -0.1) is 11.3 Å². The van der Waals surface area contributed by atoms with E-state index in [1.54, 1.807) is 11.3 Å². The van der Waals surface area contributed by atoms with Crippen LogP contribution < -0.4 is 10.1 Å². The Bertz CT molecular complexity index is 1490. The number of aryl methyl sites for hydroxylation is 3. The molecule has 3 aromatic heterocycles. The van der Waals surface area contributed by atoms with Crippen LogP contribution in [0.3, 0.4) is 0 Å². The molecule has 178 valence electrons. The molecule has 1 N–H and O–H groups in total. The molecular formula is C29H29N3O2S. The number of aromatic nitrogens is 2. The molecule has 4 heterocycles. The highest BCUT2D eigenvalue weighted by Gasteiger charge is 2.21. The zero-order valence-corrected chi connectivity index (χ0v) is 20.7. The minimum absolute atomic E-state index is 0.0743. The number of hydrogen-bond acceptors (Lipinski definition) is 4. The fourth-order valence-corrected chi connectivity index (χ4v) is 5.96. The number of carbonyl (C=O) groups is 1. The smallest absolute Gasteiger partial charge is 0.211 e. The average molecular weight is 484 g/mol. The van der Waals surface area contributed by atoms with Crippen LogP contribution in [0, 0.1) is 0 Å². The minimum atomic E-state index is 0.0743. The topological polar surface area (TPSA) is 48.2 Å². The first-order valence-electron chi connectivity index (χ1n) is 12.3. The molecule has 35 heavy (non-hydrogen) atoms. The molecule has 1 saturated heterocycles. The van der Waals surface area contributed by atoms with E-state index in [0.717, 1.165) is 77.0 Å². The summed E-state index contributed by atoms with van der Waals surface area (Å²) in [5.41, 5.74) is 4.96. The molecule has 5 aromatic rings. The number of para-hydroxylation sites is 1. The zero-order valence-electron chi connectivity index (χ0n) is 19.9. The molecule has 0 spiro atoms. The van der Waals surface area contributed by atoms with Crippen LogP contribution in [0.25, 0.3) is 21.1 Å². The first-order valence-corrected chi connectivity index (χ1v) is 13.2. The minimum Gasteiger partial charge on any atom is -0.490 e. The van der Waals surface area contributed by atoms with Crippen molar-refractivity contribution in [3.63, 3.8) is 0 Å². The van der Waals surface area contributed by atoms with Crippen molar-refractivity contribution in [1.29, 1.82) is 0 Å². The zero-order chi connectivity index (χ0) is 23.8. The second-order valence-corrected chi connectivity index (χ2v) is 10.2. The van der Waals surface area contributed by atoms with Gasteiger partial charge in [-0.3, -0.25) is 4.79 Å². The number of nitrogens with zero attached hydrogens (tertiary/aromatic N) is 2. The SMILES string of the molecule is Cn1c(C(=O)c2cn(CCc3ccc(OC4CCNCC4)cc3)c3ccccc23)cc2sccc21. The summed E-state index contributed by atoms with van der Waals surface area (Å²) in [6.45, 7) is 2.87. The third-order valence-electron chi connectivity index (χ3n) is 7.08. The van der Waals surface area contributed by atoms with Crippen molar-refractivity contribution in [2.24, 2.45) is 7.05 Å². The predicted octanol–water partition coefficient (Wildman–Crippen LogP) is 5.80. The summed E-state index contributed by atoms with van der Waals surface area (Å²) in [4.78, 5) is 13.6. The molecule has 0 saturated carbocycles. The maximum absolute atomic E-state index is 13.6. The van der Waals surface area contributed by atoms with Gasteiger partial charge >= 0.3 is 0 Å². The van der Waals surface area contributed by atoms with Gasteiger partial charge in [0.05, 0.1) is 15.9 Å². The van der Waals surface area contributed by atoms with Gasteiger partial charge in [-0.2, -0.15) is 0 Å². The number of ketones is 1. The van der Waals surface area contributed by atoms with Gasteiger partial charge in [0, 0.05) is 36.3 Å². The van der Waals surface area contributed by atoms with Crippen molar-refractivity contribution < 1.29 is 9.53 Å². The third-order valence-corrected chi connectivity index (χ3v) is 7.94. The molecule has 6 heteroatoms. The number of benzene rings is 2. The van der Waals surface area contributed by atoms with Crippen molar-refractivity contribution >= 4 is 38.2 Å². The molecule has 0 unspecified atom stereocenters. The summed E-state index contributed by atoms with van der Waals surface area (Å²) >= 11 is 1.67. The van der Waals surface area contributed by atoms with Crippen LogP contribution in [0.15, 0.2) is 72.2 Å². The molecule has 1 fully saturated rings. The summed E-state index contributed by atoms with van der Waals surface area (Å²) < 4.78 is 11.5. The normalized spacial score (nSPS) is 14.7. The van der Waals surface area contributed by atoms with Crippen LogP contribution in [0.1, 0.15) is 34.5 Å². The molecule has 5 nitrogen and oxygen atoms in total. The van der Waals surface area contributed by atoms with Gasteiger partial charge in [-0.1, -0.05) is 30.3 Å². The van der Waals surface area contributed by atoms with Crippen LogP contribution in [0.5, 0.6) is 5.75 Å². The average Bonchev–Trinajstić information content (AvgIpc) is 3.59. The van der Waals surface area contributed by atoms with Crippen LogP contribution in [0.4, 0.5) is 0 Å². The summed E-state index contributed by atoms with van der Waals surface area (Å²) in [7, 11) is 1.97. The Balaban J connectivity index is 1.21. The van der Waals surface area contributed by atoms with E-state index in [0.29, 0.717) is 6.10 Å². The van der Waals surface area contributed by atoms with Crippen molar-refractivity contribution in [2.75, 3.05) is 13.1 Å². The number of fused-ring (bicyclic) bond motifs is 2. The maximum atomic E-state index is 13.6. The molecule has 0 atom stereocenters. The summed E-state index contributed by atoms with van der Waals surface area (Å²) in [6.07, 6.45) is 5.35. The summed E-state index contributed by atoms with van der Waals surface area (Å²) in [6, 6.07) is 20.8. The monoisotopic (exact) mass is 483 g/mol. The molecule has 6 rings (SSSR count). The standard InChI is InChI=1S/C29H29N3O2S/c1-31-26-13-17-35-28(26)18-27(31)29(33)24-19-32(25-5-3-2-4-23(24)25)16-12-20-6-8-21(9-7-20)34-22-10-14-30-15-11-22/h2-9,13,17-19,22,30H,10-12,14-16H2,1H3. The number of rotatable bonds is 7. The Morgan fingerprint density at radius 1 is 1.06 bits per heavy atom. The quantitative estimate of drug-likeness (QED) is 0.298. The first kappa shape index (κ1) is 22.1. The summed E-state index contributed by atoms with van der Waals surface area (Å²) in [5.74, 6) is 1.02. The van der Waals surface area contributed by atoms with Gasteiger partial charge in [-0.05, 0) is 73.6 Å². The van der Waals surface area contributed by atoms with E-state index < -0.39 is 0 Å². The van der Waals surface area contributed by atoms with E-state index in [4.69, 9.17) is 4.74 Å². The molecule has 1 aliphatic rings. The van der Waals surface area contributed by atoms with E-state index in [2.05, 4.69) is 57.7 Å². The fourth-order valence-electron chi connectivity index (χ4n) is 5.11. The molecular weight excluding hydrogens is 454 g/mol. The van der Waals surface area contributed by atoms with Crippen molar-refractivity contribution in [2.45, 2.75) is 31.9 Å². The van der Waals surface area contributed by atoms with Crippen molar-refractivity contribution in [3.8, 4) is 5.75 Å². The molecule has 0 aliphatic carbocycles. The second kappa shape index (κ2) is 9.36. The van der Waals surface area contributed by atoms with Crippen molar-refractivity contribution in [1.82, 2.24) is 14.5 Å². The van der Waals surface area contributed by atoms with Gasteiger partial charge in [0.1, 0.15) is 11.9 Å². The lowest BCUT2D eigenvalue weighted by Gasteiger charge is -2.23. The molecule has 0 radical (unpaired) electrons. The van der Waals surface area contributed by atoms with Crippen molar-refractivity contribution in [3.05, 3.63) is 89.1 Å². The number of hydrogen-bond donors (Lipinski definition) is 1. The Morgan fingerprint density at radius 3 is 2.66 bits per heavy atom. The Labute approximate surface area is 208 Å². The van der Waals surface area contributed by atoms with E-state index in [1.807, 2.05) is 36.0 Å². The van der Waals surface area contributed by atoms with Gasteiger partial charge in [0.25, 0.3) is 0 Å². The van der Waals surface area contributed by atoms with Gasteiger partial charge in [0.2, 0.25) is 5.78 Å². The Hall–Kier alpha value is -3.35. The lowest BCUT2D eigenvalue weighted by atomic mass is 10.1. The van der Waals surface area contributed by atoms with E-state index >= 15 is 0 Å². The molecule has 2 aromatic carbocycles. The third kappa shape index (κ3) is 4.28. The number of carbonyl (C=O) groups excluding carboxylic acids is 1. The van der Waals surface area contributed by atoms with E-state index in [9.17, 15) is 4.79 Å². The number of thiophene rings is 1. The largest absolute Gasteiger partial charge is 0.490 e. The lowest BCUT2D eigenvalue weighted by molar-refractivity contribution is 0.103. The lowest BCUT2D eigenvalue weighted by Crippen LogP contribution is -2.34.